The van der Waals surface area contributed by atoms with Gasteiger partial charge in [0, 0.05) is 24.7 Å². The third-order valence-corrected chi connectivity index (χ3v) is 4.07. The lowest BCUT2D eigenvalue weighted by atomic mass is 9.93. The molecule has 0 bridgehead atoms. The number of alkyl halides is 1. The van der Waals surface area contributed by atoms with Gasteiger partial charge in [0.1, 0.15) is 11.5 Å². The monoisotopic (exact) mass is 311 g/mol. The SMILES string of the molecule is COc1ccc(N2CCC(C(=O)CBr)CC2)cc1. The van der Waals surface area contributed by atoms with Gasteiger partial charge in [-0.25, -0.2) is 0 Å². The van der Waals surface area contributed by atoms with E-state index in [0.29, 0.717) is 11.1 Å². The van der Waals surface area contributed by atoms with Crippen LogP contribution in [0.5, 0.6) is 5.75 Å². The van der Waals surface area contributed by atoms with E-state index in [2.05, 4.69) is 33.0 Å². The summed E-state index contributed by atoms with van der Waals surface area (Å²) in [6, 6.07) is 8.10. The average Bonchev–Trinajstić information content (AvgIpc) is 2.47. The molecular formula is C14H18BrNO2. The van der Waals surface area contributed by atoms with E-state index in [4.69, 9.17) is 4.74 Å². The fraction of sp³-hybridized carbons (Fsp3) is 0.500. The van der Waals surface area contributed by atoms with Crippen molar-refractivity contribution in [3.8, 4) is 5.75 Å². The van der Waals surface area contributed by atoms with Gasteiger partial charge in [-0.3, -0.25) is 4.79 Å². The summed E-state index contributed by atoms with van der Waals surface area (Å²) < 4.78 is 5.15. The first kappa shape index (κ1) is 13.4. The number of nitrogens with zero attached hydrogens (tertiary/aromatic N) is 1. The zero-order valence-corrected chi connectivity index (χ0v) is 12.1. The molecule has 1 aromatic carbocycles. The Balaban J connectivity index is 1.94. The second-order valence-corrected chi connectivity index (χ2v) is 5.12. The summed E-state index contributed by atoms with van der Waals surface area (Å²) in [6.07, 6.45) is 1.91. The molecule has 1 saturated heterocycles. The fourth-order valence-corrected chi connectivity index (χ4v) is 2.82. The van der Waals surface area contributed by atoms with Crippen LogP contribution in [0.25, 0.3) is 0 Å². The number of ketones is 1. The Bertz CT molecular complexity index is 397. The van der Waals surface area contributed by atoms with Crippen molar-refractivity contribution >= 4 is 27.4 Å². The van der Waals surface area contributed by atoms with E-state index in [9.17, 15) is 4.79 Å². The van der Waals surface area contributed by atoms with Crippen molar-refractivity contribution in [3.05, 3.63) is 24.3 Å². The molecule has 0 N–H and O–H groups in total. The molecule has 3 nitrogen and oxygen atoms in total. The summed E-state index contributed by atoms with van der Waals surface area (Å²) in [5.74, 6) is 1.45. The van der Waals surface area contributed by atoms with Crippen LogP contribution in [0.3, 0.4) is 0 Å². The van der Waals surface area contributed by atoms with Crippen molar-refractivity contribution < 1.29 is 9.53 Å². The molecule has 0 atom stereocenters. The molecule has 4 heteroatoms. The average molecular weight is 312 g/mol. The zero-order chi connectivity index (χ0) is 13.0. The van der Waals surface area contributed by atoms with Gasteiger partial charge in [-0.15, -0.1) is 0 Å². The summed E-state index contributed by atoms with van der Waals surface area (Å²) in [5, 5.41) is 0.486. The first-order valence-corrected chi connectivity index (χ1v) is 7.34. The predicted molar refractivity (Wildman–Crippen MR) is 76.7 cm³/mol. The van der Waals surface area contributed by atoms with Crippen molar-refractivity contribution in [3.63, 3.8) is 0 Å². The van der Waals surface area contributed by atoms with Gasteiger partial charge in [-0.1, -0.05) is 15.9 Å². The summed E-state index contributed by atoms with van der Waals surface area (Å²) in [5.41, 5.74) is 1.21. The number of carbonyl (C=O) groups excluding carboxylic acids is 1. The minimum Gasteiger partial charge on any atom is -0.497 e. The largest absolute Gasteiger partial charge is 0.497 e. The molecule has 1 fully saturated rings. The van der Waals surface area contributed by atoms with Crippen LogP contribution in [-0.2, 0) is 4.79 Å². The number of anilines is 1. The fourth-order valence-electron chi connectivity index (χ4n) is 2.36. The van der Waals surface area contributed by atoms with Crippen molar-refractivity contribution in [2.24, 2.45) is 5.92 Å². The molecule has 0 aromatic heterocycles. The second kappa shape index (κ2) is 6.23. The lowest BCUT2D eigenvalue weighted by Gasteiger charge is -2.32. The first-order valence-electron chi connectivity index (χ1n) is 6.22. The Labute approximate surface area is 116 Å². The molecule has 98 valence electrons. The molecule has 0 aliphatic carbocycles. The van der Waals surface area contributed by atoms with Gasteiger partial charge in [-0.2, -0.15) is 0 Å². The van der Waals surface area contributed by atoms with Crippen LogP contribution in [0, 0.1) is 5.92 Å². The van der Waals surface area contributed by atoms with Crippen LogP contribution < -0.4 is 9.64 Å². The van der Waals surface area contributed by atoms with E-state index >= 15 is 0 Å². The van der Waals surface area contributed by atoms with Crippen LogP contribution >= 0.6 is 15.9 Å². The highest BCUT2D eigenvalue weighted by molar-refractivity contribution is 9.09. The highest BCUT2D eigenvalue weighted by Crippen LogP contribution is 2.25. The minimum absolute atomic E-state index is 0.235. The van der Waals surface area contributed by atoms with Crippen LogP contribution in [0.1, 0.15) is 12.8 Å². The van der Waals surface area contributed by atoms with E-state index in [1.165, 1.54) is 5.69 Å². The van der Waals surface area contributed by atoms with E-state index in [1.54, 1.807) is 7.11 Å². The van der Waals surface area contributed by atoms with Crippen LogP contribution in [-0.4, -0.2) is 31.3 Å². The Kier molecular flexibility index (Phi) is 4.64. The molecule has 0 amide bonds. The van der Waals surface area contributed by atoms with Gasteiger partial charge in [0.2, 0.25) is 0 Å². The molecule has 0 unspecified atom stereocenters. The summed E-state index contributed by atoms with van der Waals surface area (Å²) >= 11 is 3.25. The number of Topliss-reactive ketones (excluding diaryl/α,β-unsaturated/α-hetero) is 1. The topological polar surface area (TPSA) is 29.5 Å². The highest BCUT2D eigenvalue weighted by Gasteiger charge is 2.24. The molecule has 1 aromatic rings. The molecule has 18 heavy (non-hydrogen) atoms. The molecule has 1 aliphatic heterocycles. The van der Waals surface area contributed by atoms with Gasteiger partial charge >= 0.3 is 0 Å². The van der Waals surface area contributed by atoms with E-state index in [-0.39, 0.29) is 5.92 Å². The molecule has 0 radical (unpaired) electrons. The Morgan fingerprint density at radius 3 is 2.44 bits per heavy atom. The van der Waals surface area contributed by atoms with Gasteiger partial charge in [0.15, 0.2) is 0 Å². The number of rotatable bonds is 4. The predicted octanol–water partition coefficient (Wildman–Crippen LogP) is 2.88. The van der Waals surface area contributed by atoms with Crippen molar-refractivity contribution in [2.75, 3.05) is 30.4 Å². The van der Waals surface area contributed by atoms with Crippen molar-refractivity contribution in [1.82, 2.24) is 0 Å². The summed E-state index contributed by atoms with van der Waals surface area (Å²) in [7, 11) is 1.67. The normalized spacial score (nSPS) is 16.7. The number of carbonyl (C=O) groups is 1. The van der Waals surface area contributed by atoms with E-state index in [0.717, 1.165) is 31.7 Å². The number of methoxy groups -OCH3 is 1. The van der Waals surface area contributed by atoms with Crippen LogP contribution in [0.2, 0.25) is 0 Å². The summed E-state index contributed by atoms with van der Waals surface area (Å²) in [6.45, 7) is 1.91. The molecule has 1 heterocycles. The zero-order valence-electron chi connectivity index (χ0n) is 10.6. The summed E-state index contributed by atoms with van der Waals surface area (Å²) in [4.78, 5) is 13.9. The lowest BCUT2D eigenvalue weighted by molar-refractivity contribution is -0.120. The second-order valence-electron chi connectivity index (χ2n) is 4.56. The van der Waals surface area contributed by atoms with Gasteiger partial charge in [-0.05, 0) is 37.1 Å². The smallest absolute Gasteiger partial charge is 0.146 e. The number of hydrogen-bond donors (Lipinski definition) is 0. The quantitative estimate of drug-likeness (QED) is 0.801. The Morgan fingerprint density at radius 2 is 1.94 bits per heavy atom. The van der Waals surface area contributed by atoms with Crippen molar-refractivity contribution in [1.29, 1.82) is 0 Å². The maximum atomic E-state index is 11.6. The molecule has 0 spiro atoms. The minimum atomic E-state index is 0.235. The standard InChI is InChI=1S/C14H18BrNO2/c1-18-13-4-2-12(3-5-13)16-8-6-11(7-9-16)14(17)10-15/h2-5,11H,6-10H2,1H3. The first-order chi connectivity index (χ1) is 8.74. The van der Waals surface area contributed by atoms with Crippen molar-refractivity contribution in [2.45, 2.75) is 12.8 Å². The van der Waals surface area contributed by atoms with Gasteiger partial charge in [0.25, 0.3) is 0 Å². The van der Waals surface area contributed by atoms with E-state index < -0.39 is 0 Å². The molecule has 0 saturated carbocycles. The van der Waals surface area contributed by atoms with E-state index in [1.807, 2.05) is 12.1 Å². The third-order valence-electron chi connectivity index (χ3n) is 3.52. The Hall–Kier alpha value is -1.03. The number of ether oxygens (including phenoxy) is 1. The lowest BCUT2D eigenvalue weighted by Crippen LogP contribution is -2.36. The number of hydrogen-bond acceptors (Lipinski definition) is 3. The number of halogens is 1. The maximum absolute atomic E-state index is 11.6. The highest BCUT2D eigenvalue weighted by atomic mass is 79.9. The van der Waals surface area contributed by atoms with Crippen LogP contribution in [0.15, 0.2) is 24.3 Å². The van der Waals surface area contributed by atoms with Crippen LogP contribution in [0.4, 0.5) is 5.69 Å². The Morgan fingerprint density at radius 1 is 1.33 bits per heavy atom. The molecule has 1 aliphatic rings. The van der Waals surface area contributed by atoms with Gasteiger partial charge in [0.05, 0.1) is 12.4 Å². The molecule has 2 rings (SSSR count). The number of benzene rings is 1. The number of piperidine rings is 1. The molecular weight excluding hydrogens is 294 g/mol. The van der Waals surface area contributed by atoms with Gasteiger partial charge < -0.3 is 9.64 Å². The maximum Gasteiger partial charge on any atom is 0.146 e. The third kappa shape index (κ3) is 3.05.